The van der Waals surface area contributed by atoms with Crippen molar-refractivity contribution in [2.24, 2.45) is 0 Å². The molecule has 120 valence electrons. The van der Waals surface area contributed by atoms with Gasteiger partial charge in [0.15, 0.2) is 18.2 Å². The lowest BCUT2D eigenvalue weighted by Crippen LogP contribution is -2.49. The smallest absolute Gasteiger partial charge is 0.260 e. The highest BCUT2D eigenvalue weighted by molar-refractivity contribution is 9.10. The highest BCUT2D eigenvalue weighted by Crippen LogP contribution is 2.29. The molecule has 4 nitrogen and oxygen atoms in total. The Morgan fingerprint density at radius 2 is 2.09 bits per heavy atom. The second-order valence-electron chi connectivity index (χ2n) is 6.13. The minimum atomic E-state index is -0.468. The standard InChI is InChI=1S/C16H20BrFN2O2/c1-20(13-7-11-3-4-12(8-13)19-11)16(21)9-22-15-5-2-10(17)6-14(15)18/h2,5-6,11-13,19H,3-4,7-9H2,1H3. The first-order valence-corrected chi connectivity index (χ1v) is 8.42. The van der Waals surface area contributed by atoms with E-state index in [1.54, 1.807) is 11.0 Å². The number of rotatable bonds is 4. The molecule has 1 amide bonds. The fourth-order valence-electron chi connectivity index (χ4n) is 3.38. The van der Waals surface area contributed by atoms with Gasteiger partial charge in [0, 0.05) is 29.6 Å². The van der Waals surface area contributed by atoms with Crippen LogP contribution in [-0.2, 0) is 4.79 Å². The number of nitrogens with one attached hydrogen (secondary N) is 1. The minimum absolute atomic E-state index is 0.103. The van der Waals surface area contributed by atoms with Crippen LogP contribution in [0, 0.1) is 5.82 Å². The number of hydrogen-bond donors (Lipinski definition) is 1. The monoisotopic (exact) mass is 370 g/mol. The summed E-state index contributed by atoms with van der Waals surface area (Å²) in [6.07, 6.45) is 4.38. The molecule has 2 saturated heterocycles. The fourth-order valence-corrected chi connectivity index (χ4v) is 3.71. The van der Waals surface area contributed by atoms with Gasteiger partial charge in [0.05, 0.1) is 0 Å². The van der Waals surface area contributed by atoms with Gasteiger partial charge >= 0.3 is 0 Å². The van der Waals surface area contributed by atoms with E-state index in [1.807, 2.05) is 7.05 Å². The molecule has 2 atom stereocenters. The van der Waals surface area contributed by atoms with E-state index >= 15 is 0 Å². The normalized spacial score (nSPS) is 26.8. The number of likely N-dealkylation sites (N-methyl/N-ethyl adjacent to an activating group) is 1. The van der Waals surface area contributed by atoms with Crippen molar-refractivity contribution in [2.45, 2.75) is 43.8 Å². The largest absolute Gasteiger partial charge is 0.481 e. The Morgan fingerprint density at radius 1 is 1.41 bits per heavy atom. The van der Waals surface area contributed by atoms with Gasteiger partial charge in [-0.2, -0.15) is 0 Å². The van der Waals surface area contributed by atoms with Gasteiger partial charge in [-0.05, 0) is 43.9 Å². The lowest BCUT2D eigenvalue weighted by molar-refractivity contribution is -0.134. The van der Waals surface area contributed by atoms with Crippen LogP contribution in [0.25, 0.3) is 0 Å². The summed E-state index contributed by atoms with van der Waals surface area (Å²) in [5.41, 5.74) is 0. The molecule has 0 spiro atoms. The predicted molar refractivity (Wildman–Crippen MR) is 85.3 cm³/mol. The summed E-state index contributed by atoms with van der Waals surface area (Å²) in [7, 11) is 1.82. The Labute approximate surface area is 138 Å². The summed E-state index contributed by atoms with van der Waals surface area (Å²) < 4.78 is 19.7. The van der Waals surface area contributed by atoms with Crippen LogP contribution in [0.15, 0.2) is 22.7 Å². The molecule has 22 heavy (non-hydrogen) atoms. The summed E-state index contributed by atoms with van der Waals surface area (Å²) in [6, 6.07) is 5.86. The number of benzene rings is 1. The zero-order valence-electron chi connectivity index (χ0n) is 12.5. The molecule has 3 rings (SSSR count). The second-order valence-corrected chi connectivity index (χ2v) is 7.05. The molecule has 6 heteroatoms. The van der Waals surface area contributed by atoms with Crippen LogP contribution >= 0.6 is 15.9 Å². The van der Waals surface area contributed by atoms with E-state index in [1.165, 1.54) is 25.0 Å². The number of ether oxygens (including phenoxy) is 1. The fraction of sp³-hybridized carbons (Fsp3) is 0.562. The predicted octanol–water partition coefficient (Wildman–Crippen LogP) is 2.71. The van der Waals surface area contributed by atoms with Crippen molar-refractivity contribution >= 4 is 21.8 Å². The third kappa shape index (κ3) is 3.43. The molecule has 2 bridgehead atoms. The Morgan fingerprint density at radius 3 is 2.73 bits per heavy atom. The zero-order chi connectivity index (χ0) is 15.7. The first-order chi connectivity index (χ1) is 10.5. The molecule has 2 aliphatic heterocycles. The molecule has 0 radical (unpaired) electrons. The van der Waals surface area contributed by atoms with Crippen molar-refractivity contribution in [3.63, 3.8) is 0 Å². The molecule has 1 aromatic rings. The summed E-state index contributed by atoms with van der Waals surface area (Å²) in [6.45, 7) is -0.131. The van der Waals surface area contributed by atoms with E-state index in [0.717, 1.165) is 12.8 Å². The van der Waals surface area contributed by atoms with Gasteiger partial charge in [-0.1, -0.05) is 15.9 Å². The third-order valence-corrected chi connectivity index (χ3v) is 5.13. The summed E-state index contributed by atoms with van der Waals surface area (Å²) in [5, 5.41) is 3.56. The van der Waals surface area contributed by atoms with Crippen LogP contribution in [0.2, 0.25) is 0 Å². The highest BCUT2D eigenvalue weighted by atomic mass is 79.9. The Balaban J connectivity index is 1.55. The Kier molecular flexibility index (Phi) is 4.68. The average Bonchev–Trinajstić information content (AvgIpc) is 2.83. The number of fused-ring (bicyclic) bond motifs is 2. The van der Waals surface area contributed by atoms with Gasteiger partial charge in [-0.15, -0.1) is 0 Å². The lowest BCUT2D eigenvalue weighted by atomic mass is 9.98. The van der Waals surface area contributed by atoms with Crippen molar-refractivity contribution in [3.8, 4) is 5.75 Å². The number of halogens is 2. The van der Waals surface area contributed by atoms with Crippen LogP contribution in [0.4, 0.5) is 4.39 Å². The van der Waals surface area contributed by atoms with Crippen LogP contribution in [-0.4, -0.2) is 42.6 Å². The molecule has 2 unspecified atom stereocenters. The number of amides is 1. The number of carbonyl (C=O) groups is 1. The Hall–Kier alpha value is -1.14. The van der Waals surface area contributed by atoms with Crippen molar-refractivity contribution in [2.75, 3.05) is 13.7 Å². The third-order valence-electron chi connectivity index (χ3n) is 4.63. The van der Waals surface area contributed by atoms with E-state index in [4.69, 9.17) is 4.74 Å². The molecule has 2 aliphatic rings. The van der Waals surface area contributed by atoms with Crippen LogP contribution in [0.5, 0.6) is 5.75 Å². The van der Waals surface area contributed by atoms with Gasteiger partial charge in [0.2, 0.25) is 0 Å². The van der Waals surface area contributed by atoms with Crippen LogP contribution in [0.1, 0.15) is 25.7 Å². The molecule has 0 aromatic heterocycles. The minimum Gasteiger partial charge on any atom is -0.481 e. The lowest BCUT2D eigenvalue weighted by Gasteiger charge is -2.35. The molecular weight excluding hydrogens is 351 g/mol. The van der Waals surface area contributed by atoms with Gasteiger partial charge < -0.3 is 15.0 Å². The quantitative estimate of drug-likeness (QED) is 0.885. The molecule has 1 aromatic carbocycles. The molecule has 0 aliphatic carbocycles. The number of piperidine rings is 1. The molecule has 2 heterocycles. The maximum absolute atomic E-state index is 13.7. The van der Waals surface area contributed by atoms with Crippen molar-refractivity contribution in [1.29, 1.82) is 0 Å². The van der Waals surface area contributed by atoms with Crippen LogP contribution in [0.3, 0.4) is 0 Å². The zero-order valence-corrected chi connectivity index (χ0v) is 14.1. The van der Waals surface area contributed by atoms with Gasteiger partial charge in [0.25, 0.3) is 5.91 Å². The number of hydrogen-bond acceptors (Lipinski definition) is 3. The summed E-state index contributed by atoms with van der Waals surface area (Å²) >= 11 is 3.19. The summed E-state index contributed by atoms with van der Waals surface area (Å²) in [5.74, 6) is -0.464. The first kappa shape index (κ1) is 15.7. The molecule has 1 N–H and O–H groups in total. The molecule has 0 saturated carbocycles. The SMILES string of the molecule is CN(C(=O)COc1ccc(Br)cc1F)C1CC2CCC(C1)N2. The van der Waals surface area contributed by atoms with Crippen LogP contribution < -0.4 is 10.1 Å². The van der Waals surface area contributed by atoms with E-state index < -0.39 is 5.82 Å². The molecule has 2 fully saturated rings. The van der Waals surface area contributed by atoms with Crippen molar-refractivity contribution in [3.05, 3.63) is 28.5 Å². The van der Waals surface area contributed by atoms with Gasteiger partial charge in [0.1, 0.15) is 0 Å². The highest BCUT2D eigenvalue weighted by Gasteiger charge is 2.36. The maximum Gasteiger partial charge on any atom is 0.260 e. The first-order valence-electron chi connectivity index (χ1n) is 7.62. The van der Waals surface area contributed by atoms with Gasteiger partial charge in [-0.25, -0.2) is 4.39 Å². The second kappa shape index (κ2) is 6.54. The number of carbonyl (C=O) groups excluding carboxylic acids is 1. The maximum atomic E-state index is 13.7. The molecular formula is C16H20BrFN2O2. The van der Waals surface area contributed by atoms with Crippen molar-refractivity contribution in [1.82, 2.24) is 10.2 Å². The average molecular weight is 371 g/mol. The van der Waals surface area contributed by atoms with Gasteiger partial charge in [-0.3, -0.25) is 4.79 Å². The van der Waals surface area contributed by atoms with E-state index in [-0.39, 0.29) is 24.3 Å². The number of nitrogens with zero attached hydrogens (tertiary/aromatic N) is 1. The van der Waals surface area contributed by atoms with E-state index in [9.17, 15) is 9.18 Å². The topological polar surface area (TPSA) is 41.6 Å². The Bertz CT molecular complexity index is 557. The van der Waals surface area contributed by atoms with Crippen molar-refractivity contribution < 1.29 is 13.9 Å². The summed E-state index contributed by atoms with van der Waals surface area (Å²) in [4.78, 5) is 14.0. The van der Waals surface area contributed by atoms with E-state index in [0.29, 0.717) is 16.6 Å². The van der Waals surface area contributed by atoms with E-state index in [2.05, 4.69) is 21.2 Å².